The van der Waals surface area contributed by atoms with Crippen molar-refractivity contribution in [3.63, 3.8) is 0 Å². The highest BCUT2D eigenvalue weighted by atomic mass is 16.6. The van der Waals surface area contributed by atoms with Crippen molar-refractivity contribution in [1.82, 2.24) is 4.90 Å². The van der Waals surface area contributed by atoms with E-state index in [4.69, 9.17) is 13.9 Å². The van der Waals surface area contributed by atoms with Crippen molar-refractivity contribution < 1.29 is 18.7 Å². The van der Waals surface area contributed by atoms with Gasteiger partial charge in [0.1, 0.15) is 6.61 Å². The Kier molecular flexibility index (Phi) is 5.14. The molecule has 1 amide bonds. The first-order valence-corrected chi connectivity index (χ1v) is 9.48. The molecule has 138 valence electrons. The van der Waals surface area contributed by atoms with Crippen LogP contribution in [-0.2, 0) is 11.3 Å². The largest absolute Gasteiger partial charge is 0.485 e. The van der Waals surface area contributed by atoms with Gasteiger partial charge in [-0.15, -0.1) is 0 Å². The lowest BCUT2D eigenvalue weighted by Gasteiger charge is -2.33. The molecule has 2 heterocycles. The SMILES string of the molecule is O=C([C@H]1COc2ccccc2O1)N(Cc1ccoc1)CC1CCCCC1. The van der Waals surface area contributed by atoms with Crippen LogP contribution in [0.4, 0.5) is 0 Å². The zero-order valence-corrected chi connectivity index (χ0v) is 14.9. The van der Waals surface area contributed by atoms with E-state index in [9.17, 15) is 4.79 Å². The minimum atomic E-state index is -0.597. The van der Waals surface area contributed by atoms with Gasteiger partial charge < -0.3 is 18.8 Å². The Balaban J connectivity index is 1.48. The normalized spacial score (nSPS) is 19.9. The molecule has 1 aliphatic heterocycles. The van der Waals surface area contributed by atoms with Crippen molar-refractivity contribution in [2.75, 3.05) is 13.2 Å². The highest BCUT2D eigenvalue weighted by Crippen LogP contribution is 2.32. The number of para-hydroxylation sites is 2. The first-order chi connectivity index (χ1) is 12.8. The molecule has 0 spiro atoms. The van der Waals surface area contributed by atoms with Gasteiger partial charge in [-0.05, 0) is 37.0 Å². The molecule has 2 aliphatic rings. The maximum absolute atomic E-state index is 13.2. The summed E-state index contributed by atoms with van der Waals surface area (Å²) in [6, 6.07) is 9.41. The smallest absolute Gasteiger partial charge is 0.267 e. The molecular weight excluding hydrogens is 330 g/mol. The number of nitrogens with zero attached hydrogens (tertiary/aromatic N) is 1. The van der Waals surface area contributed by atoms with Gasteiger partial charge in [0.2, 0.25) is 6.10 Å². The predicted molar refractivity (Wildman–Crippen MR) is 97.1 cm³/mol. The molecule has 1 saturated carbocycles. The lowest BCUT2D eigenvalue weighted by atomic mass is 9.89. The molecule has 1 atom stereocenters. The van der Waals surface area contributed by atoms with Crippen LogP contribution in [0.25, 0.3) is 0 Å². The number of fused-ring (bicyclic) bond motifs is 1. The monoisotopic (exact) mass is 355 g/mol. The third kappa shape index (κ3) is 3.87. The van der Waals surface area contributed by atoms with E-state index in [1.165, 1.54) is 32.1 Å². The second kappa shape index (κ2) is 7.85. The molecule has 0 N–H and O–H groups in total. The summed E-state index contributed by atoms with van der Waals surface area (Å²) in [6.07, 6.45) is 8.97. The standard InChI is InChI=1S/C21H25NO4/c23-21(20-15-25-18-8-4-5-9-19(18)26-20)22(13-17-10-11-24-14-17)12-16-6-2-1-3-7-16/h4-5,8-11,14,16,20H,1-3,6-7,12-13,15H2/t20-/m1/s1. The highest BCUT2D eigenvalue weighted by molar-refractivity contribution is 5.82. The lowest BCUT2D eigenvalue weighted by molar-refractivity contribution is -0.142. The second-order valence-electron chi connectivity index (χ2n) is 7.22. The molecule has 0 bridgehead atoms. The van der Waals surface area contributed by atoms with E-state index in [1.54, 1.807) is 12.5 Å². The van der Waals surface area contributed by atoms with Crippen molar-refractivity contribution >= 4 is 5.91 Å². The molecule has 0 radical (unpaired) electrons. The molecular formula is C21H25NO4. The zero-order chi connectivity index (χ0) is 17.8. The number of furan rings is 1. The van der Waals surface area contributed by atoms with Crippen LogP contribution >= 0.6 is 0 Å². The van der Waals surface area contributed by atoms with E-state index in [-0.39, 0.29) is 12.5 Å². The number of amides is 1. The van der Waals surface area contributed by atoms with Crippen LogP contribution in [0, 0.1) is 5.92 Å². The lowest BCUT2D eigenvalue weighted by Crippen LogP contribution is -2.47. The molecule has 1 fully saturated rings. The minimum absolute atomic E-state index is 0.00808. The van der Waals surface area contributed by atoms with Crippen molar-refractivity contribution in [3.05, 3.63) is 48.4 Å². The third-order valence-electron chi connectivity index (χ3n) is 5.25. The van der Waals surface area contributed by atoms with Gasteiger partial charge in [-0.1, -0.05) is 31.4 Å². The molecule has 1 aromatic carbocycles. The molecule has 5 nitrogen and oxygen atoms in total. The highest BCUT2D eigenvalue weighted by Gasteiger charge is 2.32. The number of carbonyl (C=O) groups excluding carboxylic acids is 1. The Hall–Kier alpha value is -2.43. The Morgan fingerprint density at radius 2 is 1.88 bits per heavy atom. The van der Waals surface area contributed by atoms with Gasteiger partial charge in [0.05, 0.1) is 12.5 Å². The average molecular weight is 355 g/mol. The summed E-state index contributed by atoms with van der Waals surface area (Å²) in [4.78, 5) is 15.1. The summed E-state index contributed by atoms with van der Waals surface area (Å²) in [5, 5.41) is 0. The fraction of sp³-hybridized carbons (Fsp3) is 0.476. The van der Waals surface area contributed by atoms with E-state index in [1.807, 2.05) is 35.2 Å². The molecule has 4 rings (SSSR count). The van der Waals surface area contributed by atoms with E-state index in [0.717, 1.165) is 12.1 Å². The fourth-order valence-electron chi connectivity index (χ4n) is 3.86. The molecule has 0 unspecified atom stereocenters. The van der Waals surface area contributed by atoms with Gasteiger partial charge in [0, 0.05) is 18.7 Å². The van der Waals surface area contributed by atoms with Crippen molar-refractivity contribution in [2.45, 2.75) is 44.8 Å². The van der Waals surface area contributed by atoms with Crippen molar-refractivity contribution in [2.24, 2.45) is 5.92 Å². The molecule has 1 aromatic heterocycles. The van der Waals surface area contributed by atoms with E-state index >= 15 is 0 Å². The minimum Gasteiger partial charge on any atom is -0.485 e. The Morgan fingerprint density at radius 1 is 1.08 bits per heavy atom. The summed E-state index contributed by atoms with van der Waals surface area (Å²) < 4.78 is 16.9. The summed E-state index contributed by atoms with van der Waals surface area (Å²) in [5.74, 6) is 1.89. The van der Waals surface area contributed by atoms with Crippen LogP contribution in [-0.4, -0.2) is 30.1 Å². The van der Waals surface area contributed by atoms with Crippen LogP contribution in [0.3, 0.4) is 0 Å². The average Bonchev–Trinajstić information content (AvgIpc) is 3.20. The second-order valence-corrected chi connectivity index (χ2v) is 7.22. The van der Waals surface area contributed by atoms with Gasteiger partial charge in [0.15, 0.2) is 11.5 Å². The first kappa shape index (κ1) is 17.0. The van der Waals surface area contributed by atoms with Crippen LogP contribution < -0.4 is 9.47 Å². The van der Waals surface area contributed by atoms with Crippen LogP contribution in [0.2, 0.25) is 0 Å². The number of benzene rings is 1. The maximum atomic E-state index is 13.2. The van der Waals surface area contributed by atoms with E-state index in [0.29, 0.717) is 24.0 Å². The van der Waals surface area contributed by atoms with Crippen molar-refractivity contribution in [1.29, 1.82) is 0 Å². The van der Waals surface area contributed by atoms with Gasteiger partial charge in [-0.3, -0.25) is 4.79 Å². The number of hydrogen-bond acceptors (Lipinski definition) is 4. The summed E-state index contributed by atoms with van der Waals surface area (Å²) in [7, 11) is 0. The zero-order valence-electron chi connectivity index (χ0n) is 14.9. The quantitative estimate of drug-likeness (QED) is 0.813. The Labute approximate surface area is 153 Å². The van der Waals surface area contributed by atoms with Gasteiger partial charge in [0.25, 0.3) is 5.91 Å². The van der Waals surface area contributed by atoms with Gasteiger partial charge in [-0.25, -0.2) is 0 Å². The van der Waals surface area contributed by atoms with Gasteiger partial charge in [-0.2, -0.15) is 0 Å². The molecule has 1 aliphatic carbocycles. The first-order valence-electron chi connectivity index (χ1n) is 9.48. The van der Waals surface area contributed by atoms with Crippen LogP contribution in [0.15, 0.2) is 47.3 Å². The number of carbonyl (C=O) groups is 1. The molecule has 5 heteroatoms. The van der Waals surface area contributed by atoms with E-state index in [2.05, 4.69) is 0 Å². The third-order valence-corrected chi connectivity index (χ3v) is 5.25. The molecule has 2 aromatic rings. The number of ether oxygens (including phenoxy) is 2. The summed E-state index contributed by atoms with van der Waals surface area (Å²) >= 11 is 0. The topological polar surface area (TPSA) is 51.9 Å². The summed E-state index contributed by atoms with van der Waals surface area (Å²) in [6.45, 7) is 1.57. The van der Waals surface area contributed by atoms with Gasteiger partial charge >= 0.3 is 0 Å². The number of rotatable bonds is 5. The fourth-order valence-corrected chi connectivity index (χ4v) is 3.86. The number of hydrogen-bond donors (Lipinski definition) is 0. The van der Waals surface area contributed by atoms with E-state index < -0.39 is 6.10 Å². The van der Waals surface area contributed by atoms with Crippen LogP contribution in [0.1, 0.15) is 37.7 Å². The molecule has 26 heavy (non-hydrogen) atoms. The molecule has 0 saturated heterocycles. The Bertz CT molecular complexity index is 721. The van der Waals surface area contributed by atoms with Crippen LogP contribution in [0.5, 0.6) is 11.5 Å². The predicted octanol–water partition coefficient (Wildman–Crippen LogP) is 4.03. The summed E-state index contributed by atoms with van der Waals surface area (Å²) in [5.41, 5.74) is 1.01. The maximum Gasteiger partial charge on any atom is 0.267 e. The van der Waals surface area contributed by atoms with Crippen molar-refractivity contribution in [3.8, 4) is 11.5 Å². The Morgan fingerprint density at radius 3 is 2.65 bits per heavy atom.